The van der Waals surface area contributed by atoms with Crippen molar-refractivity contribution < 1.29 is 4.79 Å². The van der Waals surface area contributed by atoms with Crippen LogP contribution in [0.25, 0.3) is 5.69 Å². The van der Waals surface area contributed by atoms with Crippen LogP contribution in [0.4, 0.5) is 5.69 Å². The van der Waals surface area contributed by atoms with E-state index in [2.05, 4.69) is 53.7 Å². The number of nitrogens with one attached hydrogen (secondary N) is 1. The summed E-state index contributed by atoms with van der Waals surface area (Å²) in [6.45, 7) is 12.0. The molecule has 1 heterocycles. The first-order valence-corrected chi connectivity index (χ1v) is 10.1. The van der Waals surface area contributed by atoms with E-state index in [0.717, 1.165) is 22.5 Å². The van der Waals surface area contributed by atoms with Crippen LogP contribution < -0.4 is 5.32 Å². The lowest BCUT2D eigenvalue weighted by Gasteiger charge is -2.16. The average Bonchev–Trinajstić information content (AvgIpc) is 3.08. The predicted octanol–water partition coefficient (Wildman–Crippen LogP) is 4.32. The molecule has 146 valence electrons. The number of aromatic nitrogens is 4. The van der Waals surface area contributed by atoms with E-state index in [1.807, 2.05) is 39.0 Å². The van der Waals surface area contributed by atoms with Crippen LogP contribution in [-0.2, 0) is 4.79 Å². The Kier molecular flexibility index (Phi) is 5.84. The number of nitrogens with zero attached hydrogens (tertiary/aromatic N) is 4. The van der Waals surface area contributed by atoms with E-state index >= 15 is 0 Å². The van der Waals surface area contributed by atoms with Gasteiger partial charge in [-0.25, -0.2) is 0 Å². The van der Waals surface area contributed by atoms with Crippen LogP contribution in [0.2, 0.25) is 0 Å². The minimum atomic E-state index is -0.351. The summed E-state index contributed by atoms with van der Waals surface area (Å²) in [7, 11) is 0. The van der Waals surface area contributed by atoms with Gasteiger partial charge in [-0.15, -0.1) is 5.10 Å². The van der Waals surface area contributed by atoms with Crippen molar-refractivity contribution in [3.8, 4) is 5.69 Å². The number of hydrogen-bond donors (Lipinski definition) is 1. The van der Waals surface area contributed by atoms with Crippen LogP contribution in [0.5, 0.6) is 0 Å². The van der Waals surface area contributed by atoms with Gasteiger partial charge in [0.15, 0.2) is 0 Å². The van der Waals surface area contributed by atoms with Gasteiger partial charge in [0.2, 0.25) is 11.1 Å². The van der Waals surface area contributed by atoms with E-state index in [4.69, 9.17) is 0 Å². The number of benzene rings is 2. The SMILES string of the molecule is Cc1cc(C)c(NC(=O)[C@H](C)Sc2nnnn2-c2ccc(C)c(C)c2)c(C)c1. The molecule has 2 aromatic carbocycles. The number of carbonyl (C=O) groups is 1. The lowest BCUT2D eigenvalue weighted by atomic mass is 10.1. The summed E-state index contributed by atoms with van der Waals surface area (Å²) in [5, 5.41) is 15.3. The van der Waals surface area contributed by atoms with E-state index in [1.54, 1.807) is 4.68 Å². The first kappa shape index (κ1) is 20.1. The Hall–Kier alpha value is -2.67. The third-order valence-electron chi connectivity index (χ3n) is 4.75. The Bertz CT molecular complexity index is 1000. The number of thioether (sulfide) groups is 1. The molecule has 0 bridgehead atoms. The van der Waals surface area contributed by atoms with E-state index < -0.39 is 0 Å². The summed E-state index contributed by atoms with van der Waals surface area (Å²) >= 11 is 1.34. The minimum absolute atomic E-state index is 0.0744. The second-order valence-corrected chi connectivity index (χ2v) is 8.47. The quantitative estimate of drug-likeness (QED) is 0.651. The average molecular weight is 396 g/mol. The summed E-state index contributed by atoms with van der Waals surface area (Å²) < 4.78 is 1.67. The molecular formula is C21H25N5OS. The van der Waals surface area contributed by atoms with Crippen LogP contribution in [0.3, 0.4) is 0 Å². The molecule has 0 unspecified atom stereocenters. The van der Waals surface area contributed by atoms with Gasteiger partial charge in [0.25, 0.3) is 0 Å². The molecule has 3 aromatic rings. The molecule has 0 saturated carbocycles. The normalized spacial score (nSPS) is 12.1. The number of anilines is 1. The van der Waals surface area contributed by atoms with E-state index in [9.17, 15) is 4.79 Å². The number of amides is 1. The Morgan fingerprint density at radius 3 is 2.32 bits per heavy atom. The number of hydrogen-bond acceptors (Lipinski definition) is 5. The maximum absolute atomic E-state index is 12.8. The zero-order valence-corrected chi connectivity index (χ0v) is 17.9. The summed E-state index contributed by atoms with van der Waals surface area (Å²) in [4.78, 5) is 12.8. The molecule has 1 amide bonds. The highest BCUT2D eigenvalue weighted by molar-refractivity contribution is 8.00. The van der Waals surface area contributed by atoms with Crippen molar-refractivity contribution in [2.75, 3.05) is 5.32 Å². The summed E-state index contributed by atoms with van der Waals surface area (Å²) in [6, 6.07) is 10.2. The van der Waals surface area contributed by atoms with E-state index in [-0.39, 0.29) is 11.2 Å². The molecule has 1 aromatic heterocycles. The molecule has 0 aliphatic heterocycles. The van der Waals surface area contributed by atoms with E-state index in [0.29, 0.717) is 5.16 Å². The predicted molar refractivity (Wildman–Crippen MR) is 113 cm³/mol. The largest absolute Gasteiger partial charge is 0.325 e. The van der Waals surface area contributed by atoms with Crippen molar-refractivity contribution in [1.82, 2.24) is 20.2 Å². The van der Waals surface area contributed by atoms with Crippen molar-refractivity contribution in [3.05, 3.63) is 58.1 Å². The zero-order chi connectivity index (χ0) is 20.4. The third kappa shape index (κ3) is 4.25. The molecule has 0 saturated heterocycles. The van der Waals surface area contributed by atoms with Crippen LogP contribution in [0.1, 0.15) is 34.7 Å². The highest BCUT2D eigenvalue weighted by Crippen LogP contribution is 2.27. The van der Waals surface area contributed by atoms with Crippen molar-refractivity contribution >= 4 is 23.4 Å². The van der Waals surface area contributed by atoms with Crippen LogP contribution >= 0.6 is 11.8 Å². The topological polar surface area (TPSA) is 72.7 Å². The van der Waals surface area contributed by atoms with Crippen molar-refractivity contribution in [3.63, 3.8) is 0 Å². The second-order valence-electron chi connectivity index (χ2n) is 7.16. The van der Waals surface area contributed by atoms with Crippen LogP contribution in [0, 0.1) is 34.6 Å². The summed E-state index contributed by atoms with van der Waals surface area (Å²) in [6.07, 6.45) is 0. The van der Waals surface area contributed by atoms with Gasteiger partial charge in [-0.3, -0.25) is 4.79 Å². The molecular weight excluding hydrogens is 370 g/mol. The molecule has 3 rings (SSSR count). The van der Waals surface area contributed by atoms with Crippen LogP contribution in [0.15, 0.2) is 35.5 Å². The monoisotopic (exact) mass is 395 g/mol. The Balaban J connectivity index is 1.77. The Morgan fingerprint density at radius 2 is 1.68 bits per heavy atom. The third-order valence-corrected chi connectivity index (χ3v) is 5.79. The molecule has 0 fully saturated rings. The molecule has 6 nitrogen and oxygen atoms in total. The van der Waals surface area contributed by atoms with Gasteiger partial charge in [-0.2, -0.15) is 4.68 Å². The van der Waals surface area contributed by atoms with Crippen molar-refractivity contribution in [2.45, 2.75) is 51.9 Å². The van der Waals surface area contributed by atoms with Gasteiger partial charge in [0.1, 0.15) is 0 Å². The zero-order valence-electron chi connectivity index (χ0n) is 17.1. The second kappa shape index (κ2) is 8.14. The van der Waals surface area contributed by atoms with Gasteiger partial charge in [0.05, 0.1) is 10.9 Å². The number of tetrazole rings is 1. The summed E-state index contributed by atoms with van der Waals surface area (Å²) in [5.41, 5.74) is 7.43. The fourth-order valence-electron chi connectivity index (χ4n) is 3.09. The molecule has 0 aliphatic carbocycles. The molecule has 0 aliphatic rings. The van der Waals surface area contributed by atoms with Crippen molar-refractivity contribution in [2.24, 2.45) is 0 Å². The molecule has 28 heavy (non-hydrogen) atoms. The van der Waals surface area contributed by atoms with E-state index in [1.165, 1.54) is 28.5 Å². The number of rotatable bonds is 5. The molecule has 1 N–H and O–H groups in total. The standard InChI is InChI=1S/C21H25N5OS/c1-12-9-15(4)19(16(5)10-12)22-20(27)17(6)28-21-23-24-25-26(21)18-8-7-13(2)14(3)11-18/h7-11,17H,1-6H3,(H,22,27)/t17-/m0/s1. The molecule has 7 heteroatoms. The Labute approximate surface area is 169 Å². The highest BCUT2D eigenvalue weighted by Gasteiger charge is 2.20. The lowest BCUT2D eigenvalue weighted by Crippen LogP contribution is -2.24. The fraction of sp³-hybridized carbons (Fsp3) is 0.333. The first-order chi connectivity index (χ1) is 13.3. The van der Waals surface area contributed by atoms with Gasteiger partial charge < -0.3 is 5.32 Å². The highest BCUT2D eigenvalue weighted by atomic mass is 32.2. The molecule has 1 atom stereocenters. The maximum atomic E-state index is 12.8. The minimum Gasteiger partial charge on any atom is -0.325 e. The lowest BCUT2D eigenvalue weighted by molar-refractivity contribution is -0.115. The fourth-order valence-corrected chi connectivity index (χ4v) is 3.89. The molecule has 0 spiro atoms. The van der Waals surface area contributed by atoms with Gasteiger partial charge >= 0.3 is 0 Å². The van der Waals surface area contributed by atoms with Gasteiger partial charge in [0, 0.05) is 5.69 Å². The maximum Gasteiger partial charge on any atom is 0.237 e. The molecule has 0 radical (unpaired) electrons. The van der Waals surface area contributed by atoms with Gasteiger partial charge in [-0.1, -0.05) is 35.5 Å². The van der Waals surface area contributed by atoms with Crippen molar-refractivity contribution in [1.29, 1.82) is 0 Å². The Morgan fingerprint density at radius 1 is 1.00 bits per heavy atom. The number of carbonyl (C=O) groups excluding carboxylic acids is 1. The first-order valence-electron chi connectivity index (χ1n) is 9.17. The van der Waals surface area contributed by atoms with Gasteiger partial charge in [-0.05, 0) is 86.4 Å². The summed E-state index contributed by atoms with van der Waals surface area (Å²) in [5.74, 6) is -0.0744. The smallest absolute Gasteiger partial charge is 0.237 e. The van der Waals surface area contributed by atoms with Crippen LogP contribution in [-0.4, -0.2) is 31.4 Å². The number of aryl methyl sites for hydroxylation is 5.